The second-order valence-electron chi connectivity index (χ2n) is 1.58. The van der Waals surface area contributed by atoms with Crippen molar-refractivity contribution < 1.29 is 0 Å². The van der Waals surface area contributed by atoms with Crippen molar-refractivity contribution in [2.45, 2.75) is 0 Å². The lowest BCUT2D eigenvalue weighted by Crippen LogP contribution is -1.63. The monoisotopic (exact) mass is 136 g/mol. The molecule has 0 aromatic rings. The summed E-state index contributed by atoms with van der Waals surface area (Å²) in [4.78, 5) is 0. The van der Waals surface area contributed by atoms with E-state index in [0.29, 0.717) is 5.57 Å². The first-order valence-electron chi connectivity index (χ1n) is 2.45. The molecule has 9 heavy (non-hydrogen) atoms. The van der Waals surface area contributed by atoms with Crippen LogP contribution in [0.5, 0.6) is 0 Å². The van der Waals surface area contributed by atoms with Gasteiger partial charge in [0, 0.05) is 5.57 Å². The molecule has 0 nitrogen and oxygen atoms in total. The highest BCUT2D eigenvalue weighted by molar-refractivity contribution is 7.22. The summed E-state index contributed by atoms with van der Waals surface area (Å²) in [6, 6.07) is 0. The van der Waals surface area contributed by atoms with Gasteiger partial charge in [-0.1, -0.05) is 25.2 Å². The van der Waals surface area contributed by atoms with E-state index >= 15 is 0 Å². The summed E-state index contributed by atoms with van der Waals surface area (Å²) >= 11 is 0. The van der Waals surface area contributed by atoms with E-state index in [-0.39, 0.29) is 0 Å². The second kappa shape index (κ2) is 4.13. The molecule has 0 amide bonds. The third kappa shape index (κ3) is 5.07. The van der Waals surface area contributed by atoms with Gasteiger partial charge in [-0.05, 0) is 11.4 Å². The van der Waals surface area contributed by atoms with Gasteiger partial charge in [0.2, 0.25) is 0 Å². The van der Waals surface area contributed by atoms with Crippen molar-refractivity contribution in [3.8, 4) is 12.3 Å². The van der Waals surface area contributed by atoms with Crippen LogP contribution < -0.4 is 0 Å². The molecule has 0 heterocycles. The Morgan fingerprint density at radius 2 is 2.00 bits per heavy atom. The zero-order valence-electron chi connectivity index (χ0n) is 5.22. The van der Waals surface area contributed by atoms with Gasteiger partial charge < -0.3 is 0 Å². The third-order valence-corrected chi connectivity index (χ3v) is 0.876. The van der Waals surface area contributed by atoms with Crippen LogP contribution in [-0.2, 0) is 0 Å². The van der Waals surface area contributed by atoms with Crippen molar-refractivity contribution in [1.29, 1.82) is 0 Å². The Labute approximate surface area is 58.6 Å². The SMILES string of the molecule is C#CC(=C)/C=C\C(=C)P. The summed E-state index contributed by atoms with van der Waals surface area (Å²) in [5.74, 6) is 2.39. The predicted molar refractivity (Wildman–Crippen MR) is 46.0 cm³/mol. The standard InChI is InChI=1S/C8H9P/c1-4-7(2)5-6-8(3)9/h1,5-6H,2-3,9H2/b6-5-. The van der Waals surface area contributed by atoms with E-state index in [4.69, 9.17) is 6.42 Å². The fraction of sp³-hybridized carbons (Fsp3) is 0. The molecule has 0 spiro atoms. The van der Waals surface area contributed by atoms with Crippen LogP contribution in [0, 0.1) is 12.3 Å². The summed E-state index contributed by atoms with van der Waals surface area (Å²) in [5, 5.41) is 0.895. The lowest BCUT2D eigenvalue weighted by Gasteiger charge is -1.83. The molecule has 0 aliphatic rings. The molecule has 46 valence electrons. The van der Waals surface area contributed by atoms with Gasteiger partial charge in [0.05, 0.1) is 0 Å². The van der Waals surface area contributed by atoms with E-state index in [2.05, 4.69) is 28.3 Å². The maximum atomic E-state index is 5.02. The van der Waals surface area contributed by atoms with E-state index in [1.54, 1.807) is 12.2 Å². The maximum Gasteiger partial charge on any atom is 0.0170 e. The van der Waals surface area contributed by atoms with Gasteiger partial charge in [0.15, 0.2) is 0 Å². The van der Waals surface area contributed by atoms with Crippen LogP contribution in [0.2, 0.25) is 0 Å². The normalized spacial score (nSPS) is 8.89. The zero-order chi connectivity index (χ0) is 7.28. The first-order chi connectivity index (χ1) is 4.16. The lowest BCUT2D eigenvalue weighted by molar-refractivity contribution is 1.81. The molecule has 0 aliphatic heterocycles. The summed E-state index contributed by atoms with van der Waals surface area (Å²) in [6.07, 6.45) is 8.56. The fourth-order valence-corrected chi connectivity index (χ4v) is 0.352. The maximum absolute atomic E-state index is 5.02. The van der Waals surface area contributed by atoms with Crippen LogP contribution in [0.1, 0.15) is 0 Å². The van der Waals surface area contributed by atoms with Crippen molar-refractivity contribution in [1.82, 2.24) is 0 Å². The van der Waals surface area contributed by atoms with Crippen molar-refractivity contribution in [2.75, 3.05) is 0 Å². The molecule has 0 saturated heterocycles. The van der Waals surface area contributed by atoms with E-state index < -0.39 is 0 Å². The Morgan fingerprint density at radius 1 is 1.44 bits per heavy atom. The molecule has 1 heteroatoms. The molecule has 0 fully saturated rings. The molecule has 1 atom stereocenters. The smallest absolute Gasteiger partial charge is 0.0170 e. The molecule has 0 saturated carbocycles. The van der Waals surface area contributed by atoms with Gasteiger partial charge in [-0.25, -0.2) is 0 Å². The quantitative estimate of drug-likeness (QED) is 0.310. The molecule has 1 unspecified atom stereocenters. The number of rotatable bonds is 2. The molecule has 0 radical (unpaired) electrons. The largest absolute Gasteiger partial charge is 0.115 e. The molecular formula is C8H9P. The highest BCUT2D eigenvalue weighted by atomic mass is 31.0. The average molecular weight is 136 g/mol. The molecule has 0 bridgehead atoms. The Balaban J connectivity index is 3.90. The van der Waals surface area contributed by atoms with Gasteiger partial charge in [-0.15, -0.1) is 15.7 Å². The van der Waals surface area contributed by atoms with E-state index in [1.807, 2.05) is 0 Å². The molecule has 0 aromatic heterocycles. The molecule has 0 aliphatic carbocycles. The number of hydrogen-bond donors (Lipinski definition) is 0. The summed E-state index contributed by atoms with van der Waals surface area (Å²) in [6.45, 7) is 7.20. The zero-order valence-corrected chi connectivity index (χ0v) is 6.38. The third-order valence-electron chi connectivity index (χ3n) is 0.684. The van der Waals surface area contributed by atoms with Gasteiger partial charge in [0.1, 0.15) is 0 Å². The summed E-state index contributed by atoms with van der Waals surface area (Å²) in [7, 11) is 2.45. The van der Waals surface area contributed by atoms with Gasteiger partial charge in [0.25, 0.3) is 0 Å². The van der Waals surface area contributed by atoms with Crippen molar-refractivity contribution in [2.24, 2.45) is 0 Å². The minimum Gasteiger partial charge on any atom is -0.115 e. The van der Waals surface area contributed by atoms with Crippen molar-refractivity contribution in [3.63, 3.8) is 0 Å². The Morgan fingerprint density at radius 3 is 2.33 bits per heavy atom. The second-order valence-corrected chi connectivity index (χ2v) is 2.32. The van der Waals surface area contributed by atoms with Crippen LogP contribution >= 0.6 is 9.24 Å². The molecule has 0 aromatic carbocycles. The molecular weight excluding hydrogens is 127 g/mol. The van der Waals surface area contributed by atoms with E-state index in [0.717, 1.165) is 5.31 Å². The van der Waals surface area contributed by atoms with Crippen LogP contribution in [0.3, 0.4) is 0 Å². The minimum absolute atomic E-state index is 0.665. The number of allylic oxidation sites excluding steroid dienone is 4. The van der Waals surface area contributed by atoms with Gasteiger partial charge in [-0.2, -0.15) is 0 Å². The number of hydrogen-bond acceptors (Lipinski definition) is 0. The van der Waals surface area contributed by atoms with Crippen LogP contribution in [0.4, 0.5) is 0 Å². The van der Waals surface area contributed by atoms with Gasteiger partial charge in [-0.3, -0.25) is 0 Å². The number of terminal acetylenes is 1. The lowest BCUT2D eigenvalue weighted by atomic mass is 10.3. The van der Waals surface area contributed by atoms with Crippen molar-refractivity contribution in [3.05, 3.63) is 36.2 Å². The first kappa shape index (κ1) is 8.21. The fourth-order valence-electron chi connectivity index (χ4n) is 0.256. The Kier molecular flexibility index (Phi) is 3.76. The highest BCUT2D eigenvalue weighted by Crippen LogP contribution is 2.03. The van der Waals surface area contributed by atoms with Gasteiger partial charge >= 0.3 is 0 Å². The summed E-state index contributed by atoms with van der Waals surface area (Å²) < 4.78 is 0. The van der Waals surface area contributed by atoms with Crippen molar-refractivity contribution >= 4 is 9.24 Å². The average Bonchev–Trinajstić information content (AvgIpc) is 1.83. The predicted octanol–water partition coefficient (Wildman–Crippen LogP) is 2.12. The van der Waals surface area contributed by atoms with E-state index in [9.17, 15) is 0 Å². The van der Waals surface area contributed by atoms with Crippen LogP contribution in [-0.4, -0.2) is 0 Å². The Bertz CT molecular complexity index is 191. The highest BCUT2D eigenvalue weighted by Gasteiger charge is 1.76. The minimum atomic E-state index is 0.665. The topological polar surface area (TPSA) is 0 Å². The van der Waals surface area contributed by atoms with Crippen LogP contribution in [0.25, 0.3) is 0 Å². The Hall–Kier alpha value is -0.790. The van der Waals surface area contributed by atoms with E-state index in [1.165, 1.54) is 0 Å². The van der Waals surface area contributed by atoms with Crippen LogP contribution in [0.15, 0.2) is 36.2 Å². The summed E-state index contributed by atoms with van der Waals surface area (Å²) in [5.41, 5.74) is 0.665. The molecule has 0 N–H and O–H groups in total. The molecule has 0 rings (SSSR count). The first-order valence-corrected chi connectivity index (χ1v) is 3.02.